The zero-order valence-corrected chi connectivity index (χ0v) is 12.7. The van der Waals surface area contributed by atoms with Gasteiger partial charge in [0.1, 0.15) is 12.1 Å². The summed E-state index contributed by atoms with van der Waals surface area (Å²) in [6.07, 6.45) is 1.60. The normalized spacial score (nSPS) is 11.2. The molecule has 0 aliphatic carbocycles. The van der Waals surface area contributed by atoms with Crippen molar-refractivity contribution in [3.05, 3.63) is 35.9 Å². The topological polar surface area (TPSA) is 42.7 Å². The molecule has 108 valence electrons. The van der Waals surface area contributed by atoms with E-state index in [9.17, 15) is 4.39 Å². The molecule has 1 aromatic carbocycles. The maximum Gasteiger partial charge on any atom is 0.195 e. The van der Waals surface area contributed by atoms with E-state index in [2.05, 4.69) is 29.4 Å². The van der Waals surface area contributed by atoms with Gasteiger partial charge in [0.05, 0.1) is 4.90 Å². The first-order valence-electron chi connectivity index (χ1n) is 6.57. The molecule has 1 heterocycles. The van der Waals surface area contributed by atoms with Gasteiger partial charge in [-0.2, -0.15) is 0 Å². The second kappa shape index (κ2) is 6.85. The standard InChI is InChI=1S/C14H19FN4S/c1-10(2)7-16-8-11-4-5-13(12(15)6-11)20-14-18-17-9-19(14)3/h4-6,9-10,16H,7-8H2,1-3H3. The molecule has 1 aromatic heterocycles. The van der Waals surface area contributed by atoms with Crippen molar-refractivity contribution in [1.29, 1.82) is 0 Å². The van der Waals surface area contributed by atoms with Crippen LogP contribution in [-0.2, 0) is 13.6 Å². The Morgan fingerprint density at radius 3 is 2.80 bits per heavy atom. The van der Waals surface area contributed by atoms with Crippen LogP contribution in [-0.4, -0.2) is 21.3 Å². The van der Waals surface area contributed by atoms with Gasteiger partial charge >= 0.3 is 0 Å². The highest BCUT2D eigenvalue weighted by Gasteiger charge is 2.09. The molecule has 0 saturated heterocycles. The molecule has 0 unspecified atom stereocenters. The van der Waals surface area contributed by atoms with Crippen LogP contribution in [0.4, 0.5) is 4.39 Å². The molecule has 20 heavy (non-hydrogen) atoms. The van der Waals surface area contributed by atoms with Gasteiger partial charge in [0.15, 0.2) is 5.16 Å². The highest BCUT2D eigenvalue weighted by molar-refractivity contribution is 7.99. The quantitative estimate of drug-likeness (QED) is 0.889. The maximum absolute atomic E-state index is 14.1. The lowest BCUT2D eigenvalue weighted by Crippen LogP contribution is -2.18. The Morgan fingerprint density at radius 1 is 1.40 bits per heavy atom. The first-order valence-corrected chi connectivity index (χ1v) is 7.39. The third kappa shape index (κ3) is 4.05. The highest BCUT2D eigenvalue weighted by atomic mass is 32.2. The van der Waals surface area contributed by atoms with Crippen molar-refractivity contribution >= 4 is 11.8 Å². The van der Waals surface area contributed by atoms with Crippen molar-refractivity contribution in [2.45, 2.75) is 30.4 Å². The lowest BCUT2D eigenvalue weighted by molar-refractivity contribution is 0.548. The smallest absolute Gasteiger partial charge is 0.195 e. The van der Waals surface area contributed by atoms with Crippen LogP contribution in [0.5, 0.6) is 0 Å². The van der Waals surface area contributed by atoms with Crippen molar-refractivity contribution in [3.63, 3.8) is 0 Å². The van der Waals surface area contributed by atoms with E-state index in [4.69, 9.17) is 0 Å². The van der Waals surface area contributed by atoms with Gasteiger partial charge in [0, 0.05) is 13.6 Å². The molecule has 0 bridgehead atoms. The number of halogens is 1. The highest BCUT2D eigenvalue weighted by Crippen LogP contribution is 2.28. The number of aromatic nitrogens is 3. The minimum Gasteiger partial charge on any atom is -0.312 e. The molecule has 0 aliphatic heterocycles. The molecular formula is C14H19FN4S. The van der Waals surface area contributed by atoms with Crippen LogP contribution in [0, 0.1) is 11.7 Å². The van der Waals surface area contributed by atoms with E-state index in [1.807, 2.05) is 13.1 Å². The molecule has 0 saturated carbocycles. The van der Waals surface area contributed by atoms with Gasteiger partial charge in [-0.25, -0.2) is 4.39 Å². The molecule has 4 nitrogen and oxygen atoms in total. The SMILES string of the molecule is CC(C)CNCc1ccc(Sc2nncn2C)c(F)c1. The minimum absolute atomic E-state index is 0.221. The summed E-state index contributed by atoms with van der Waals surface area (Å²) < 4.78 is 15.8. The summed E-state index contributed by atoms with van der Waals surface area (Å²) in [7, 11) is 1.84. The molecule has 0 fully saturated rings. The van der Waals surface area contributed by atoms with Crippen LogP contribution in [0.3, 0.4) is 0 Å². The Hall–Kier alpha value is -1.40. The minimum atomic E-state index is -0.221. The predicted molar refractivity (Wildman–Crippen MR) is 78.1 cm³/mol. The van der Waals surface area contributed by atoms with Gasteiger partial charge < -0.3 is 9.88 Å². The first-order chi connectivity index (χ1) is 9.56. The lowest BCUT2D eigenvalue weighted by Gasteiger charge is -2.09. The average Bonchev–Trinajstić information content (AvgIpc) is 2.78. The van der Waals surface area contributed by atoms with E-state index in [1.165, 1.54) is 11.8 Å². The Kier molecular flexibility index (Phi) is 5.14. The van der Waals surface area contributed by atoms with Crippen LogP contribution < -0.4 is 5.32 Å². The summed E-state index contributed by atoms with van der Waals surface area (Å²) in [4.78, 5) is 0.564. The van der Waals surface area contributed by atoms with E-state index >= 15 is 0 Å². The van der Waals surface area contributed by atoms with E-state index in [1.54, 1.807) is 23.0 Å². The fourth-order valence-electron chi connectivity index (χ4n) is 1.71. The average molecular weight is 294 g/mol. The van der Waals surface area contributed by atoms with Crippen molar-refractivity contribution in [2.24, 2.45) is 13.0 Å². The molecule has 2 aromatic rings. The molecule has 0 spiro atoms. The predicted octanol–water partition coefficient (Wildman–Crippen LogP) is 2.85. The third-order valence-corrected chi connectivity index (χ3v) is 3.85. The number of benzene rings is 1. The van der Waals surface area contributed by atoms with Crippen molar-refractivity contribution < 1.29 is 4.39 Å². The lowest BCUT2D eigenvalue weighted by atomic mass is 10.2. The molecule has 0 aliphatic rings. The Balaban J connectivity index is 2.01. The second-order valence-electron chi connectivity index (χ2n) is 5.12. The van der Waals surface area contributed by atoms with Crippen molar-refractivity contribution in [2.75, 3.05) is 6.54 Å². The van der Waals surface area contributed by atoms with Crippen LogP contribution in [0.15, 0.2) is 34.6 Å². The summed E-state index contributed by atoms with van der Waals surface area (Å²) >= 11 is 1.28. The van der Waals surface area contributed by atoms with Gasteiger partial charge in [-0.05, 0) is 41.9 Å². The first kappa shape index (κ1) is 15.0. The van der Waals surface area contributed by atoms with Crippen molar-refractivity contribution in [1.82, 2.24) is 20.1 Å². The molecule has 6 heteroatoms. The zero-order chi connectivity index (χ0) is 14.5. The van der Waals surface area contributed by atoms with Crippen molar-refractivity contribution in [3.8, 4) is 0 Å². The zero-order valence-electron chi connectivity index (χ0n) is 11.9. The van der Waals surface area contributed by atoms with Crippen LogP contribution >= 0.6 is 11.8 Å². The fraction of sp³-hybridized carbons (Fsp3) is 0.429. The maximum atomic E-state index is 14.1. The Bertz CT molecular complexity index is 568. The number of aryl methyl sites for hydroxylation is 1. The molecule has 1 N–H and O–H groups in total. The Morgan fingerprint density at radius 2 is 2.20 bits per heavy atom. The largest absolute Gasteiger partial charge is 0.312 e. The Labute approximate surface area is 122 Å². The number of nitrogens with one attached hydrogen (secondary N) is 1. The van der Waals surface area contributed by atoms with Gasteiger partial charge in [-0.3, -0.25) is 0 Å². The van der Waals surface area contributed by atoms with Crippen LogP contribution in [0.2, 0.25) is 0 Å². The van der Waals surface area contributed by atoms with E-state index in [0.717, 1.165) is 12.1 Å². The van der Waals surface area contributed by atoms with Gasteiger partial charge in [-0.15, -0.1) is 10.2 Å². The van der Waals surface area contributed by atoms with Gasteiger partial charge in [0.25, 0.3) is 0 Å². The summed E-state index contributed by atoms with van der Waals surface area (Å²) in [5.74, 6) is 0.368. The summed E-state index contributed by atoms with van der Waals surface area (Å²) in [5.41, 5.74) is 0.950. The molecule has 0 atom stereocenters. The van der Waals surface area contributed by atoms with E-state index in [0.29, 0.717) is 22.5 Å². The molecule has 0 radical (unpaired) electrons. The summed E-state index contributed by atoms with van der Waals surface area (Å²) in [6, 6.07) is 5.31. The van der Waals surface area contributed by atoms with Gasteiger partial charge in [0.2, 0.25) is 0 Å². The van der Waals surface area contributed by atoms with Gasteiger partial charge in [-0.1, -0.05) is 19.9 Å². The van der Waals surface area contributed by atoms with E-state index < -0.39 is 0 Å². The summed E-state index contributed by atoms with van der Waals surface area (Å²) in [5, 5.41) is 11.7. The molecule has 0 amide bonds. The monoisotopic (exact) mass is 294 g/mol. The van der Waals surface area contributed by atoms with E-state index in [-0.39, 0.29) is 5.82 Å². The number of rotatable bonds is 6. The van der Waals surface area contributed by atoms with Crippen LogP contribution in [0.1, 0.15) is 19.4 Å². The third-order valence-electron chi connectivity index (χ3n) is 2.75. The van der Waals surface area contributed by atoms with Crippen LogP contribution in [0.25, 0.3) is 0 Å². The number of hydrogen-bond acceptors (Lipinski definition) is 4. The number of nitrogens with zero attached hydrogens (tertiary/aromatic N) is 3. The molecule has 2 rings (SSSR count). The second-order valence-corrected chi connectivity index (χ2v) is 6.13. The number of hydrogen-bond donors (Lipinski definition) is 1. The fourth-order valence-corrected chi connectivity index (χ4v) is 2.47. The summed E-state index contributed by atoms with van der Waals surface area (Å²) in [6.45, 7) is 5.91. The molecular weight excluding hydrogens is 275 g/mol.